The molecule has 0 fully saturated rings. The van der Waals surface area contributed by atoms with Crippen molar-refractivity contribution in [2.75, 3.05) is 13.7 Å². The number of halogens is 1. The van der Waals surface area contributed by atoms with E-state index in [0.717, 1.165) is 25.1 Å². The first-order chi connectivity index (χ1) is 11.3. The molecule has 0 saturated carbocycles. The van der Waals surface area contributed by atoms with Gasteiger partial charge in [-0.15, -0.1) is 12.4 Å². The molecule has 140 valence electrons. The Morgan fingerprint density at radius 1 is 0.917 bits per heavy atom. The summed E-state index contributed by atoms with van der Waals surface area (Å²) in [6, 6.07) is 8.50. The molecule has 0 aliphatic rings. The molecule has 0 aromatic heterocycles. The van der Waals surface area contributed by atoms with Gasteiger partial charge in [0.2, 0.25) is 0 Å². The SMILES string of the molecule is COc1cccc(CC(N)CCCCCCCCCCCN)c1.Cl. The van der Waals surface area contributed by atoms with Crippen molar-refractivity contribution >= 4 is 12.4 Å². The van der Waals surface area contributed by atoms with Crippen molar-refractivity contribution in [3.05, 3.63) is 29.8 Å². The van der Waals surface area contributed by atoms with E-state index in [4.69, 9.17) is 16.2 Å². The van der Waals surface area contributed by atoms with Crippen molar-refractivity contribution in [1.82, 2.24) is 0 Å². The molecule has 0 amide bonds. The third kappa shape index (κ3) is 11.7. The Morgan fingerprint density at radius 2 is 1.50 bits per heavy atom. The van der Waals surface area contributed by atoms with Gasteiger partial charge in [0, 0.05) is 6.04 Å². The highest BCUT2D eigenvalue weighted by atomic mass is 35.5. The molecule has 0 aliphatic heterocycles. The van der Waals surface area contributed by atoms with Gasteiger partial charge in [0.1, 0.15) is 5.75 Å². The Morgan fingerprint density at radius 3 is 2.08 bits per heavy atom. The summed E-state index contributed by atoms with van der Waals surface area (Å²) in [6.07, 6.45) is 13.9. The molecular formula is C20H37ClN2O. The minimum Gasteiger partial charge on any atom is -0.497 e. The zero-order chi connectivity index (χ0) is 16.8. The molecule has 0 heterocycles. The number of benzene rings is 1. The van der Waals surface area contributed by atoms with E-state index in [1.165, 1.54) is 63.4 Å². The molecule has 1 atom stereocenters. The van der Waals surface area contributed by atoms with E-state index in [1.54, 1.807) is 7.11 Å². The number of hydrogen-bond donors (Lipinski definition) is 2. The number of rotatable bonds is 14. The first-order valence-corrected chi connectivity index (χ1v) is 9.35. The molecule has 24 heavy (non-hydrogen) atoms. The van der Waals surface area contributed by atoms with Gasteiger partial charge in [-0.05, 0) is 43.5 Å². The lowest BCUT2D eigenvalue weighted by Gasteiger charge is -2.12. The molecular weight excluding hydrogens is 320 g/mol. The van der Waals surface area contributed by atoms with Crippen molar-refractivity contribution in [3.8, 4) is 5.75 Å². The zero-order valence-electron chi connectivity index (χ0n) is 15.3. The Kier molecular flexibility index (Phi) is 15.2. The Hall–Kier alpha value is -0.770. The summed E-state index contributed by atoms with van der Waals surface area (Å²) in [4.78, 5) is 0. The van der Waals surface area contributed by atoms with Gasteiger partial charge in [0.25, 0.3) is 0 Å². The minimum absolute atomic E-state index is 0. The first-order valence-electron chi connectivity index (χ1n) is 9.35. The van der Waals surface area contributed by atoms with E-state index in [-0.39, 0.29) is 18.4 Å². The standard InChI is InChI=1S/C20H36N2O.ClH/c1-23-20-14-11-12-18(17-20)16-19(22)13-9-7-5-3-2-4-6-8-10-15-21;/h11-12,14,17,19H,2-10,13,15-16,21-22H2,1H3;1H. The van der Waals surface area contributed by atoms with Crippen LogP contribution in [-0.4, -0.2) is 19.7 Å². The van der Waals surface area contributed by atoms with E-state index in [2.05, 4.69) is 12.1 Å². The summed E-state index contributed by atoms with van der Waals surface area (Å²) < 4.78 is 5.26. The normalized spacial score (nSPS) is 11.8. The van der Waals surface area contributed by atoms with Crippen LogP contribution in [0.15, 0.2) is 24.3 Å². The Labute approximate surface area is 154 Å². The fourth-order valence-electron chi connectivity index (χ4n) is 2.99. The van der Waals surface area contributed by atoms with Gasteiger partial charge < -0.3 is 16.2 Å². The van der Waals surface area contributed by atoms with Gasteiger partial charge in [-0.2, -0.15) is 0 Å². The van der Waals surface area contributed by atoms with E-state index in [1.807, 2.05) is 12.1 Å². The van der Waals surface area contributed by atoms with Gasteiger partial charge in [0.15, 0.2) is 0 Å². The molecule has 0 saturated heterocycles. The molecule has 0 aliphatic carbocycles. The molecule has 3 nitrogen and oxygen atoms in total. The van der Waals surface area contributed by atoms with Crippen LogP contribution in [0.1, 0.15) is 69.8 Å². The molecule has 1 aromatic carbocycles. The quantitative estimate of drug-likeness (QED) is 0.468. The first kappa shape index (κ1) is 23.2. The highest BCUT2D eigenvalue weighted by Gasteiger charge is 2.05. The lowest BCUT2D eigenvalue weighted by molar-refractivity contribution is 0.414. The predicted octanol–water partition coefficient (Wildman–Crippen LogP) is 4.85. The average Bonchev–Trinajstić information content (AvgIpc) is 2.56. The number of unbranched alkanes of at least 4 members (excludes halogenated alkanes) is 8. The maximum atomic E-state index is 6.26. The molecule has 1 rings (SSSR count). The van der Waals surface area contributed by atoms with Crippen LogP contribution in [0.3, 0.4) is 0 Å². The highest BCUT2D eigenvalue weighted by Crippen LogP contribution is 2.16. The summed E-state index contributed by atoms with van der Waals surface area (Å²) >= 11 is 0. The fraction of sp³-hybridized carbons (Fsp3) is 0.700. The van der Waals surface area contributed by atoms with Gasteiger partial charge in [-0.1, -0.05) is 63.5 Å². The maximum Gasteiger partial charge on any atom is 0.119 e. The van der Waals surface area contributed by atoms with Gasteiger partial charge in [-0.25, -0.2) is 0 Å². The number of hydrogen-bond acceptors (Lipinski definition) is 3. The summed E-state index contributed by atoms with van der Waals surface area (Å²) in [5.41, 5.74) is 13.0. The molecule has 1 aromatic rings. The maximum absolute atomic E-state index is 6.26. The van der Waals surface area contributed by atoms with Crippen LogP contribution in [0.5, 0.6) is 5.75 Å². The van der Waals surface area contributed by atoms with Crippen LogP contribution in [0.4, 0.5) is 0 Å². The summed E-state index contributed by atoms with van der Waals surface area (Å²) in [5.74, 6) is 0.918. The number of nitrogens with two attached hydrogens (primary N) is 2. The van der Waals surface area contributed by atoms with E-state index in [0.29, 0.717) is 0 Å². The lowest BCUT2D eigenvalue weighted by Crippen LogP contribution is -2.22. The highest BCUT2D eigenvalue weighted by molar-refractivity contribution is 5.85. The van der Waals surface area contributed by atoms with E-state index >= 15 is 0 Å². The smallest absolute Gasteiger partial charge is 0.119 e. The Balaban J connectivity index is 0.00000529. The summed E-state index contributed by atoms with van der Waals surface area (Å²) in [6.45, 7) is 0.843. The van der Waals surface area contributed by atoms with Crippen LogP contribution in [0, 0.1) is 0 Å². The van der Waals surface area contributed by atoms with Crippen molar-refractivity contribution in [2.45, 2.75) is 76.7 Å². The monoisotopic (exact) mass is 356 g/mol. The van der Waals surface area contributed by atoms with Crippen LogP contribution in [0.25, 0.3) is 0 Å². The second-order valence-electron chi connectivity index (χ2n) is 6.58. The summed E-state index contributed by atoms with van der Waals surface area (Å²) in [5, 5.41) is 0. The van der Waals surface area contributed by atoms with E-state index in [9.17, 15) is 0 Å². The largest absolute Gasteiger partial charge is 0.497 e. The summed E-state index contributed by atoms with van der Waals surface area (Å²) in [7, 11) is 1.71. The topological polar surface area (TPSA) is 61.3 Å². The average molecular weight is 357 g/mol. The second kappa shape index (κ2) is 15.7. The van der Waals surface area contributed by atoms with Gasteiger partial charge in [-0.3, -0.25) is 0 Å². The molecule has 1 unspecified atom stereocenters. The van der Waals surface area contributed by atoms with Crippen molar-refractivity contribution in [2.24, 2.45) is 11.5 Å². The Bertz CT molecular complexity index is 401. The van der Waals surface area contributed by atoms with Crippen LogP contribution < -0.4 is 16.2 Å². The van der Waals surface area contributed by atoms with Crippen molar-refractivity contribution in [1.29, 1.82) is 0 Å². The van der Waals surface area contributed by atoms with Crippen molar-refractivity contribution < 1.29 is 4.74 Å². The molecule has 4 N–H and O–H groups in total. The fourth-order valence-corrected chi connectivity index (χ4v) is 2.99. The third-order valence-electron chi connectivity index (χ3n) is 4.41. The predicted molar refractivity (Wildman–Crippen MR) is 107 cm³/mol. The van der Waals surface area contributed by atoms with E-state index < -0.39 is 0 Å². The minimum atomic E-state index is 0. The van der Waals surface area contributed by atoms with Gasteiger partial charge in [0.05, 0.1) is 7.11 Å². The lowest BCUT2D eigenvalue weighted by atomic mass is 10.00. The number of ether oxygens (including phenoxy) is 1. The molecule has 0 radical (unpaired) electrons. The second-order valence-corrected chi connectivity index (χ2v) is 6.58. The number of methoxy groups -OCH3 is 1. The third-order valence-corrected chi connectivity index (χ3v) is 4.41. The molecule has 0 bridgehead atoms. The molecule has 4 heteroatoms. The van der Waals surface area contributed by atoms with Crippen LogP contribution >= 0.6 is 12.4 Å². The van der Waals surface area contributed by atoms with Crippen LogP contribution in [0.2, 0.25) is 0 Å². The zero-order valence-corrected chi connectivity index (χ0v) is 16.2. The van der Waals surface area contributed by atoms with Crippen LogP contribution in [-0.2, 0) is 6.42 Å². The van der Waals surface area contributed by atoms with Crippen molar-refractivity contribution in [3.63, 3.8) is 0 Å². The molecule has 0 spiro atoms. The van der Waals surface area contributed by atoms with Gasteiger partial charge >= 0.3 is 0 Å².